The molecule has 2 aliphatic heterocycles. The van der Waals surface area contributed by atoms with Crippen LogP contribution in [0.4, 0.5) is 0 Å². The van der Waals surface area contributed by atoms with E-state index in [1.807, 2.05) is 0 Å². The van der Waals surface area contributed by atoms with Crippen LogP contribution in [0.25, 0.3) is 82.2 Å². The average molecular weight is 692 g/mol. The lowest BCUT2D eigenvalue weighted by atomic mass is 10.0. The van der Waals surface area contributed by atoms with E-state index in [1.54, 1.807) is 0 Å². The van der Waals surface area contributed by atoms with Crippen molar-refractivity contribution < 1.29 is 4.74 Å². The molecule has 0 unspecified atom stereocenters. The van der Waals surface area contributed by atoms with Gasteiger partial charge in [0.1, 0.15) is 11.5 Å². The highest BCUT2D eigenvalue weighted by atomic mass is 28.3. The maximum absolute atomic E-state index is 6.88. The number of ether oxygens (including phenoxy) is 1. The molecular formula is C48H29N3OSi. The van der Waals surface area contributed by atoms with Crippen LogP contribution in [0.3, 0.4) is 0 Å². The number of rotatable bonds is 2. The summed E-state index contributed by atoms with van der Waals surface area (Å²) in [6.45, 7) is 0. The molecule has 0 saturated heterocycles. The van der Waals surface area contributed by atoms with Gasteiger partial charge in [-0.1, -0.05) is 121 Å². The number of fused-ring (bicyclic) bond motifs is 12. The van der Waals surface area contributed by atoms with Crippen LogP contribution >= 0.6 is 0 Å². The predicted molar refractivity (Wildman–Crippen MR) is 221 cm³/mol. The summed E-state index contributed by atoms with van der Waals surface area (Å²) < 4.78 is 15.0. The molecule has 0 radical (unpaired) electrons. The van der Waals surface area contributed by atoms with E-state index in [-0.39, 0.29) is 0 Å². The third-order valence-electron chi connectivity index (χ3n) is 12.0. The molecule has 0 aliphatic carbocycles. The van der Waals surface area contributed by atoms with Crippen molar-refractivity contribution in [2.45, 2.75) is 0 Å². The molecule has 5 heterocycles. The highest BCUT2D eigenvalue weighted by Gasteiger charge is 2.54. The van der Waals surface area contributed by atoms with E-state index in [0.29, 0.717) is 0 Å². The number of nitrogens with zero attached hydrogens (tertiary/aromatic N) is 3. The van der Waals surface area contributed by atoms with E-state index in [4.69, 9.17) is 4.74 Å². The van der Waals surface area contributed by atoms with E-state index in [2.05, 4.69) is 189 Å². The van der Waals surface area contributed by atoms with Gasteiger partial charge in [-0.05, 0) is 65.7 Å². The minimum absolute atomic E-state index is 0.931. The Balaban J connectivity index is 1.37. The second-order valence-corrected chi connectivity index (χ2v) is 17.8. The fourth-order valence-electron chi connectivity index (χ4n) is 10.0. The summed E-state index contributed by atoms with van der Waals surface area (Å²) in [4.78, 5) is 0. The van der Waals surface area contributed by atoms with E-state index >= 15 is 0 Å². The van der Waals surface area contributed by atoms with E-state index in [0.717, 1.165) is 17.2 Å². The zero-order valence-electron chi connectivity index (χ0n) is 28.5. The van der Waals surface area contributed by atoms with Crippen LogP contribution in [0.15, 0.2) is 176 Å². The molecule has 8 aromatic carbocycles. The smallest absolute Gasteiger partial charge is 0.348 e. The van der Waals surface area contributed by atoms with Gasteiger partial charge in [0.2, 0.25) is 0 Å². The molecule has 0 bridgehead atoms. The predicted octanol–water partition coefficient (Wildman–Crippen LogP) is 10.7. The molecule has 1 spiro atoms. The fraction of sp³-hybridized carbons (Fsp3) is 0. The topological polar surface area (TPSA) is 24.0 Å². The fourth-order valence-corrected chi connectivity index (χ4v) is 15.3. The molecule has 2 aliphatic rings. The van der Waals surface area contributed by atoms with Gasteiger partial charge in [-0.2, -0.15) is 0 Å². The summed E-state index contributed by atoms with van der Waals surface area (Å²) in [5, 5.41) is 10.2. The van der Waals surface area contributed by atoms with Crippen LogP contribution in [0.2, 0.25) is 0 Å². The molecule has 5 heteroatoms. The Morgan fingerprint density at radius 1 is 0.377 bits per heavy atom. The molecule has 0 saturated carbocycles. The maximum Gasteiger partial charge on any atom is 0.348 e. The molecular weight excluding hydrogens is 663 g/mol. The summed E-state index contributed by atoms with van der Waals surface area (Å²) >= 11 is 0. The zero-order chi connectivity index (χ0) is 34.4. The van der Waals surface area contributed by atoms with E-state index in [1.165, 1.54) is 86.9 Å². The Morgan fingerprint density at radius 2 is 0.906 bits per heavy atom. The number of para-hydroxylation sites is 4. The summed E-state index contributed by atoms with van der Waals surface area (Å²) in [5.74, 6) is 1.86. The van der Waals surface area contributed by atoms with Gasteiger partial charge < -0.3 is 17.8 Å². The van der Waals surface area contributed by atoms with Crippen LogP contribution in [0.1, 0.15) is 0 Å². The quantitative estimate of drug-likeness (QED) is 0.166. The van der Waals surface area contributed by atoms with Crippen molar-refractivity contribution in [1.29, 1.82) is 0 Å². The van der Waals surface area contributed by atoms with Crippen LogP contribution < -0.4 is 15.1 Å². The standard InChI is InChI=1S/C48H29N3OSi/c1-3-13-30(14-4-1)31-23-26-38-36(29-31)35-25-28-40-46-45-39(49(40)32-15-5-2-6-16-32)27-24-34-33-17-7-8-18-37(33)50(47(34)45)53(51(38)48(35)46)43-21-11-9-19-41(43)52-42-20-10-12-22-44(42)53/h1-29H. The van der Waals surface area contributed by atoms with Gasteiger partial charge in [-0.25, -0.2) is 0 Å². The highest BCUT2D eigenvalue weighted by molar-refractivity contribution is 7.03. The minimum atomic E-state index is -3.29. The second-order valence-electron chi connectivity index (χ2n) is 14.4. The lowest BCUT2D eigenvalue weighted by molar-refractivity contribution is 0.485. The third kappa shape index (κ3) is 3.24. The van der Waals surface area contributed by atoms with Gasteiger partial charge in [-0.15, -0.1) is 0 Å². The number of hydrogen-bond donors (Lipinski definition) is 0. The van der Waals surface area contributed by atoms with Gasteiger partial charge in [0.15, 0.2) is 0 Å². The third-order valence-corrected chi connectivity index (χ3v) is 16.5. The Morgan fingerprint density at radius 3 is 1.58 bits per heavy atom. The van der Waals surface area contributed by atoms with Crippen molar-refractivity contribution in [2.75, 3.05) is 0 Å². The van der Waals surface area contributed by atoms with Crippen LogP contribution in [-0.4, -0.2) is 21.4 Å². The molecule has 3 aromatic heterocycles. The summed E-state index contributed by atoms with van der Waals surface area (Å²) in [7, 11) is -3.29. The van der Waals surface area contributed by atoms with Crippen LogP contribution in [0.5, 0.6) is 11.5 Å². The normalized spacial score (nSPS) is 14.0. The Bertz CT molecular complexity index is 3330. The minimum Gasteiger partial charge on any atom is -0.457 e. The first-order chi connectivity index (χ1) is 26.3. The summed E-state index contributed by atoms with van der Waals surface area (Å²) in [6.07, 6.45) is 0. The van der Waals surface area contributed by atoms with Gasteiger partial charge in [0.25, 0.3) is 0 Å². The molecule has 4 nitrogen and oxygen atoms in total. The molecule has 53 heavy (non-hydrogen) atoms. The Labute approximate surface area is 305 Å². The molecule has 0 fully saturated rings. The van der Waals surface area contributed by atoms with Gasteiger partial charge in [0.05, 0.1) is 22.1 Å². The molecule has 0 N–H and O–H groups in total. The van der Waals surface area contributed by atoms with Gasteiger partial charge in [0, 0.05) is 59.4 Å². The van der Waals surface area contributed by atoms with Gasteiger partial charge in [-0.3, -0.25) is 0 Å². The lowest BCUT2D eigenvalue weighted by Gasteiger charge is -2.41. The SMILES string of the molecule is c1ccc(-c2ccc3c(c2)c2ccc4c5c6c(ccc7c8ccccc8n(c76)[Si]6(c7ccccc7Oc7ccccc76)n3c25)n4-c2ccccc2)cc1. The van der Waals surface area contributed by atoms with Crippen LogP contribution in [-0.2, 0) is 0 Å². The highest BCUT2D eigenvalue weighted by Crippen LogP contribution is 2.50. The lowest BCUT2D eigenvalue weighted by Crippen LogP contribution is -2.71. The van der Waals surface area contributed by atoms with E-state index < -0.39 is 8.40 Å². The van der Waals surface area contributed by atoms with Crippen molar-refractivity contribution in [3.8, 4) is 28.3 Å². The number of benzene rings is 8. The van der Waals surface area contributed by atoms with E-state index in [9.17, 15) is 0 Å². The first kappa shape index (κ1) is 27.8. The zero-order valence-corrected chi connectivity index (χ0v) is 29.5. The Hall–Kier alpha value is -6.82. The second kappa shape index (κ2) is 9.73. The number of hydrogen-bond acceptors (Lipinski definition) is 1. The molecule has 0 amide bonds. The number of aromatic nitrogens is 3. The molecule has 246 valence electrons. The van der Waals surface area contributed by atoms with Crippen molar-refractivity contribution in [3.63, 3.8) is 0 Å². The largest absolute Gasteiger partial charge is 0.457 e. The van der Waals surface area contributed by atoms with Crippen LogP contribution in [0, 0.1) is 0 Å². The summed E-state index contributed by atoms with van der Waals surface area (Å²) in [5.41, 5.74) is 11.1. The van der Waals surface area contributed by atoms with Crippen molar-refractivity contribution in [3.05, 3.63) is 176 Å². The molecule has 0 atom stereocenters. The monoisotopic (exact) mass is 691 g/mol. The molecule has 13 rings (SSSR count). The van der Waals surface area contributed by atoms with Crippen molar-refractivity contribution in [2.24, 2.45) is 0 Å². The first-order valence-electron chi connectivity index (χ1n) is 18.3. The first-order valence-corrected chi connectivity index (χ1v) is 20.2. The van der Waals surface area contributed by atoms with Crippen molar-refractivity contribution >= 4 is 84.2 Å². The van der Waals surface area contributed by atoms with Gasteiger partial charge >= 0.3 is 8.40 Å². The summed E-state index contributed by atoms with van der Waals surface area (Å²) in [6, 6.07) is 65.0. The maximum atomic E-state index is 6.88. The van der Waals surface area contributed by atoms with Crippen molar-refractivity contribution in [1.82, 2.24) is 13.0 Å². The average Bonchev–Trinajstić information content (AvgIpc) is 3.84. The molecule has 11 aromatic rings. The Kier molecular flexibility index (Phi) is 5.11.